The predicted molar refractivity (Wildman–Crippen MR) is 142 cm³/mol. The second-order valence-electron chi connectivity index (χ2n) is 10.9. The number of allylic oxidation sites excluding steroid dienone is 1. The van der Waals surface area contributed by atoms with E-state index in [0.29, 0.717) is 32.5 Å². The highest BCUT2D eigenvalue weighted by molar-refractivity contribution is 6.05. The standard InChI is InChI=1S/C30H38N2O6/c1-20-12-13-21(2)22(19-20)31-16-10-14-30-25(24-23(38-30)11-6-5-9-18-37-29(24)36)27(34)32(26(30)28(31)35)15-7-3-4-8-17-33/h6,10-14,19,23-26,33H,3-5,7-9,15-18H2,1-2H3/b11-6-/t23-,24+,25+,26?,30+/m1/s1. The van der Waals surface area contributed by atoms with E-state index in [1.807, 2.05) is 56.4 Å². The van der Waals surface area contributed by atoms with Crippen LogP contribution in [0.2, 0.25) is 0 Å². The van der Waals surface area contributed by atoms with Crippen LogP contribution in [-0.4, -0.2) is 71.8 Å². The first-order valence-electron chi connectivity index (χ1n) is 13.9. The zero-order valence-corrected chi connectivity index (χ0v) is 22.3. The third kappa shape index (κ3) is 4.58. The summed E-state index contributed by atoms with van der Waals surface area (Å²) in [6.45, 7) is 5.15. The van der Waals surface area contributed by atoms with Gasteiger partial charge in [-0.1, -0.05) is 49.3 Å². The average Bonchev–Trinajstić information content (AvgIpc) is 3.30. The zero-order valence-electron chi connectivity index (χ0n) is 22.3. The highest BCUT2D eigenvalue weighted by Gasteiger charge is 2.71. The first kappa shape index (κ1) is 26.6. The van der Waals surface area contributed by atoms with Crippen molar-refractivity contribution in [1.29, 1.82) is 0 Å². The molecule has 4 heterocycles. The van der Waals surface area contributed by atoms with Crippen molar-refractivity contribution in [3.63, 3.8) is 0 Å². The molecule has 4 aliphatic heterocycles. The number of rotatable bonds is 7. The molecule has 0 bridgehead atoms. The number of aliphatic hydroxyl groups excluding tert-OH is 1. The number of carbonyl (C=O) groups is 3. The lowest BCUT2D eigenvalue weighted by atomic mass is 9.78. The molecule has 38 heavy (non-hydrogen) atoms. The van der Waals surface area contributed by atoms with Crippen molar-refractivity contribution in [2.75, 3.05) is 31.2 Å². The number of hydrogen-bond donors (Lipinski definition) is 1. The maximum Gasteiger partial charge on any atom is 0.312 e. The van der Waals surface area contributed by atoms with E-state index in [1.54, 1.807) is 9.80 Å². The van der Waals surface area contributed by atoms with Crippen LogP contribution in [0.25, 0.3) is 0 Å². The van der Waals surface area contributed by atoms with E-state index >= 15 is 0 Å². The Morgan fingerprint density at radius 1 is 1.05 bits per heavy atom. The first-order chi connectivity index (χ1) is 18.4. The number of benzene rings is 1. The number of unbranched alkanes of at least 4 members (excludes halogenated alkanes) is 3. The Bertz CT molecular complexity index is 1150. The molecule has 0 aromatic heterocycles. The van der Waals surface area contributed by atoms with Crippen molar-refractivity contribution >= 4 is 23.5 Å². The normalized spacial score (nSPS) is 31.6. The molecule has 5 atom stereocenters. The highest BCUT2D eigenvalue weighted by atomic mass is 16.6. The number of likely N-dealkylation sites (tertiary alicyclic amines) is 1. The molecule has 2 saturated heterocycles. The Kier molecular flexibility index (Phi) is 7.73. The van der Waals surface area contributed by atoms with E-state index in [-0.39, 0.29) is 18.4 Å². The van der Waals surface area contributed by atoms with Gasteiger partial charge in [0.15, 0.2) is 0 Å². The van der Waals surface area contributed by atoms with E-state index in [9.17, 15) is 14.4 Å². The van der Waals surface area contributed by atoms with Crippen LogP contribution in [0, 0.1) is 25.7 Å². The molecule has 1 N–H and O–H groups in total. The molecule has 0 radical (unpaired) electrons. The number of carbonyl (C=O) groups excluding carboxylic acids is 3. The van der Waals surface area contributed by atoms with Crippen LogP contribution in [0.15, 0.2) is 42.5 Å². The molecule has 4 aliphatic rings. The molecule has 1 spiro atoms. The number of nitrogens with zero attached hydrogens (tertiary/aromatic N) is 2. The topological polar surface area (TPSA) is 96.4 Å². The van der Waals surface area contributed by atoms with E-state index in [1.165, 1.54) is 0 Å². The van der Waals surface area contributed by atoms with Gasteiger partial charge in [-0.2, -0.15) is 0 Å². The minimum Gasteiger partial charge on any atom is -0.465 e. The molecule has 1 aromatic carbocycles. The molecule has 0 aliphatic carbocycles. The smallest absolute Gasteiger partial charge is 0.312 e. The second-order valence-corrected chi connectivity index (χ2v) is 10.9. The first-order valence-corrected chi connectivity index (χ1v) is 13.9. The fourth-order valence-electron chi connectivity index (χ4n) is 6.47. The number of anilines is 1. The number of hydrogen-bond acceptors (Lipinski definition) is 6. The number of esters is 1. The molecule has 1 unspecified atom stereocenters. The van der Waals surface area contributed by atoms with Crippen LogP contribution in [0.5, 0.6) is 0 Å². The molecule has 204 valence electrons. The maximum atomic E-state index is 14.4. The van der Waals surface area contributed by atoms with Crippen LogP contribution in [0.3, 0.4) is 0 Å². The minimum atomic E-state index is -1.25. The summed E-state index contributed by atoms with van der Waals surface area (Å²) in [5.41, 5.74) is 1.59. The molecule has 2 fully saturated rings. The third-order valence-electron chi connectivity index (χ3n) is 8.31. The Morgan fingerprint density at radius 2 is 1.87 bits per heavy atom. The van der Waals surface area contributed by atoms with Gasteiger partial charge < -0.3 is 24.4 Å². The summed E-state index contributed by atoms with van der Waals surface area (Å²) in [5, 5.41) is 9.14. The number of amides is 2. The van der Waals surface area contributed by atoms with Gasteiger partial charge >= 0.3 is 5.97 Å². The molecule has 1 aromatic rings. The van der Waals surface area contributed by atoms with Gasteiger partial charge in [0.2, 0.25) is 5.91 Å². The number of aryl methyl sites for hydroxylation is 2. The summed E-state index contributed by atoms with van der Waals surface area (Å²) >= 11 is 0. The fourth-order valence-corrected chi connectivity index (χ4v) is 6.47. The Balaban J connectivity index is 1.55. The number of ether oxygens (including phenoxy) is 2. The van der Waals surface area contributed by atoms with Crippen LogP contribution in [0.4, 0.5) is 5.69 Å². The Morgan fingerprint density at radius 3 is 2.68 bits per heavy atom. The largest absolute Gasteiger partial charge is 0.465 e. The van der Waals surface area contributed by atoms with Gasteiger partial charge in [0, 0.05) is 25.4 Å². The van der Waals surface area contributed by atoms with Gasteiger partial charge in [-0.15, -0.1) is 0 Å². The number of aliphatic hydroxyl groups is 1. The van der Waals surface area contributed by atoms with Gasteiger partial charge in [-0.05, 0) is 56.7 Å². The lowest BCUT2D eigenvalue weighted by Crippen LogP contribution is -2.55. The zero-order chi connectivity index (χ0) is 26.9. The van der Waals surface area contributed by atoms with Gasteiger partial charge in [0.25, 0.3) is 5.91 Å². The molecule has 8 nitrogen and oxygen atoms in total. The van der Waals surface area contributed by atoms with E-state index in [4.69, 9.17) is 14.6 Å². The lowest BCUT2D eigenvalue weighted by Gasteiger charge is -2.35. The average molecular weight is 523 g/mol. The minimum absolute atomic E-state index is 0.136. The van der Waals surface area contributed by atoms with Crippen molar-refractivity contribution in [2.45, 2.75) is 70.1 Å². The molecular formula is C30H38N2O6. The van der Waals surface area contributed by atoms with E-state index < -0.39 is 35.6 Å². The fraction of sp³-hybridized carbons (Fsp3) is 0.567. The molecule has 0 saturated carbocycles. The van der Waals surface area contributed by atoms with Gasteiger partial charge in [0.1, 0.15) is 17.6 Å². The van der Waals surface area contributed by atoms with Crippen LogP contribution < -0.4 is 4.90 Å². The lowest BCUT2D eigenvalue weighted by molar-refractivity contribution is -0.154. The molecule has 2 amide bonds. The second kappa shape index (κ2) is 11.0. The van der Waals surface area contributed by atoms with Crippen molar-refractivity contribution in [3.8, 4) is 0 Å². The number of cyclic esters (lactones) is 1. The SMILES string of the molecule is Cc1ccc(C)c(N2CC=C[C@]34O[C@@H]5/C=C\CCCOC(=O)[C@@H]5[C@H]3C(=O)N(CCCCCCO)C4C2=O)c1. The summed E-state index contributed by atoms with van der Waals surface area (Å²) in [5.74, 6) is -2.49. The van der Waals surface area contributed by atoms with Crippen LogP contribution in [0.1, 0.15) is 49.7 Å². The molecule has 5 rings (SSSR count). The summed E-state index contributed by atoms with van der Waals surface area (Å²) in [7, 11) is 0. The van der Waals surface area contributed by atoms with Gasteiger partial charge in [0.05, 0.1) is 18.6 Å². The van der Waals surface area contributed by atoms with Crippen LogP contribution >= 0.6 is 0 Å². The van der Waals surface area contributed by atoms with Crippen molar-refractivity contribution in [1.82, 2.24) is 4.90 Å². The van der Waals surface area contributed by atoms with E-state index in [0.717, 1.165) is 42.5 Å². The third-order valence-corrected chi connectivity index (χ3v) is 8.31. The highest BCUT2D eigenvalue weighted by Crippen LogP contribution is 2.53. The van der Waals surface area contributed by atoms with Crippen molar-refractivity contribution in [3.05, 3.63) is 53.6 Å². The Labute approximate surface area is 224 Å². The Hall–Kier alpha value is -2.97. The van der Waals surface area contributed by atoms with Gasteiger partial charge in [-0.3, -0.25) is 14.4 Å². The monoisotopic (exact) mass is 522 g/mol. The summed E-state index contributed by atoms with van der Waals surface area (Å²) in [6.07, 6.45) is 11.6. The van der Waals surface area contributed by atoms with E-state index in [2.05, 4.69) is 0 Å². The predicted octanol–water partition coefficient (Wildman–Crippen LogP) is 3.23. The summed E-state index contributed by atoms with van der Waals surface area (Å²) in [6, 6.07) is 5.14. The van der Waals surface area contributed by atoms with Crippen molar-refractivity contribution < 1.29 is 29.0 Å². The summed E-state index contributed by atoms with van der Waals surface area (Å²) < 4.78 is 12.2. The molecular weight excluding hydrogens is 484 g/mol. The number of fused-ring (bicyclic) bond motifs is 2. The molecule has 8 heteroatoms. The van der Waals surface area contributed by atoms with Crippen molar-refractivity contribution in [2.24, 2.45) is 11.8 Å². The quantitative estimate of drug-likeness (QED) is 0.336. The maximum absolute atomic E-state index is 14.4. The van der Waals surface area contributed by atoms with Crippen LogP contribution in [-0.2, 0) is 23.9 Å². The van der Waals surface area contributed by atoms with Gasteiger partial charge in [-0.25, -0.2) is 0 Å². The summed E-state index contributed by atoms with van der Waals surface area (Å²) in [4.78, 5) is 45.3.